The Morgan fingerprint density at radius 3 is 2.81 bits per heavy atom. The summed E-state index contributed by atoms with van der Waals surface area (Å²) < 4.78 is 31.4. The summed E-state index contributed by atoms with van der Waals surface area (Å²) in [6, 6.07) is 13.0. The average molecular weight is 460 g/mol. The van der Waals surface area contributed by atoms with Gasteiger partial charge in [-0.3, -0.25) is 4.55 Å². The Morgan fingerprint density at radius 2 is 2.00 bits per heavy atom. The van der Waals surface area contributed by atoms with Gasteiger partial charge in [-0.1, -0.05) is 24.3 Å². The van der Waals surface area contributed by atoms with Crippen molar-refractivity contribution in [3.05, 3.63) is 64.9 Å². The van der Waals surface area contributed by atoms with Crippen molar-refractivity contribution in [2.75, 3.05) is 26.4 Å². The van der Waals surface area contributed by atoms with Crippen LogP contribution in [0.3, 0.4) is 0 Å². The van der Waals surface area contributed by atoms with Crippen molar-refractivity contribution in [1.29, 1.82) is 0 Å². The predicted octanol–water partition coefficient (Wildman–Crippen LogP) is 4.36. The lowest BCUT2D eigenvalue weighted by atomic mass is 9.81. The van der Waals surface area contributed by atoms with E-state index >= 15 is 0 Å². The van der Waals surface area contributed by atoms with E-state index in [-0.39, 0.29) is 0 Å². The van der Waals surface area contributed by atoms with Crippen molar-refractivity contribution < 1.29 is 27.2 Å². The smallest absolute Gasteiger partial charge is 0.261 e. The summed E-state index contributed by atoms with van der Waals surface area (Å²) in [4.78, 5) is 13.1. The Labute approximate surface area is 188 Å². The fourth-order valence-electron chi connectivity index (χ4n) is 4.51. The van der Waals surface area contributed by atoms with Crippen LogP contribution in [-0.4, -0.2) is 44.3 Å². The fraction of sp³-hybridized carbons (Fsp3) is 0.417. The molecule has 0 amide bonds. The molecule has 1 aliphatic carbocycles. The molecule has 0 unspecified atom stereocenters. The second-order valence-electron chi connectivity index (χ2n) is 8.59. The minimum absolute atomic E-state index is 0.570. The van der Waals surface area contributed by atoms with Crippen molar-refractivity contribution in [1.82, 2.24) is 4.90 Å². The zero-order chi connectivity index (χ0) is 22.7. The van der Waals surface area contributed by atoms with Crippen molar-refractivity contribution >= 4 is 21.1 Å². The summed E-state index contributed by atoms with van der Waals surface area (Å²) in [6.07, 6.45) is 7.08. The molecule has 2 aliphatic rings. The zero-order valence-corrected chi connectivity index (χ0v) is 19.2. The maximum atomic E-state index is 9.19. The summed E-state index contributed by atoms with van der Waals surface area (Å²) in [6.45, 7) is 2.70. The van der Waals surface area contributed by atoms with Gasteiger partial charge in [0.1, 0.15) is 12.2 Å². The molecule has 1 N–H and O–H groups in total. The number of likely N-dealkylation sites (N-methyl/N-ethyl adjacent to an activating group) is 1. The first-order valence-electron chi connectivity index (χ1n) is 10.8. The van der Waals surface area contributed by atoms with Crippen LogP contribution in [0.2, 0.25) is 0 Å². The van der Waals surface area contributed by atoms with Crippen LogP contribution >= 0.6 is 0 Å². The highest BCUT2D eigenvalue weighted by atomic mass is 32.2. The number of hydrogen-bond donors (Lipinski definition) is 1. The average Bonchev–Trinajstić information content (AvgIpc) is 3.40. The molecule has 0 radical (unpaired) electrons. The second-order valence-corrected chi connectivity index (χ2v) is 10.1. The molecular formula is C24H29NO6S. The van der Waals surface area contributed by atoms with Crippen molar-refractivity contribution in [3.63, 3.8) is 0 Å². The molecule has 1 aliphatic heterocycles. The van der Waals surface area contributed by atoms with E-state index in [1.54, 1.807) is 6.26 Å². The molecule has 8 heteroatoms. The van der Waals surface area contributed by atoms with E-state index in [0.717, 1.165) is 37.3 Å². The van der Waals surface area contributed by atoms with E-state index < -0.39 is 10.1 Å². The molecule has 2 aromatic carbocycles. The molecule has 5 rings (SSSR count). The Bertz CT molecular complexity index is 1180. The minimum Gasteiger partial charge on any atom is -0.464 e. The van der Waals surface area contributed by atoms with Crippen LogP contribution in [-0.2, 0) is 34.5 Å². The molecule has 2 heterocycles. The fourth-order valence-corrected chi connectivity index (χ4v) is 4.51. The van der Waals surface area contributed by atoms with Gasteiger partial charge in [0.05, 0.1) is 12.5 Å². The van der Waals surface area contributed by atoms with Gasteiger partial charge in [0.2, 0.25) is 0 Å². The van der Waals surface area contributed by atoms with Crippen LogP contribution in [0.5, 0.6) is 5.75 Å². The molecule has 0 spiro atoms. The van der Waals surface area contributed by atoms with Gasteiger partial charge in [0.15, 0.2) is 5.75 Å². The Balaban J connectivity index is 0.000000444. The van der Waals surface area contributed by atoms with Crippen molar-refractivity contribution in [2.24, 2.45) is 0 Å². The summed E-state index contributed by atoms with van der Waals surface area (Å²) in [5.41, 5.74) is 6.33. The predicted molar refractivity (Wildman–Crippen MR) is 122 cm³/mol. The van der Waals surface area contributed by atoms with E-state index in [1.807, 2.05) is 6.07 Å². The van der Waals surface area contributed by atoms with Gasteiger partial charge in [-0.05, 0) is 61.9 Å². The van der Waals surface area contributed by atoms with Gasteiger partial charge in [-0.2, -0.15) is 13.3 Å². The maximum Gasteiger partial charge on any atom is 0.261 e. The van der Waals surface area contributed by atoms with Gasteiger partial charge in [0, 0.05) is 29.6 Å². The van der Waals surface area contributed by atoms with Crippen LogP contribution in [0.4, 0.5) is 0 Å². The molecule has 1 atom stereocenters. The van der Waals surface area contributed by atoms with Gasteiger partial charge in [0.25, 0.3) is 10.1 Å². The molecule has 7 nitrogen and oxygen atoms in total. The summed E-state index contributed by atoms with van der Waals surface area (Å²) in [7, 11) is -1.44. The second kappa shape index (κ2) is 9.62. The molecule has 0 bridgehead atoms. The monoisotopic (exact) mass is 459 g/mol. The van der Waals surface area contributed by atoms with E-state index in [2.05, 4.69) is 42.3 Å². The van der Waals surface area contributed by atoms with Crippen molar-refractivity contribution in [2.45, 2.75) is 38.2 Å². The Hall–Kier alpha value is -2.39. The molecular weight excluding hydrogens is 430 g/mol. The van der Waals surface area contributed by atoms with Gasteiger partial charge in [-0.15, -0.1) is 0 Å². The standard InChI is InChI=1S/C23H25NO3.CH4O3S/c1-24(11-9-16-5-6-17-10-12-25-22(17)13-16)14-18-3-2-4-21-20(18)8-7-19-15-26-27-23(19)21;1-5(2,3)4/h5-8,10,12-13,18H,2-4,9,11,14-15H2,1H3;1H3,(H,2,3,4)/t18-;/m0./s1. The van der Waals surface area contributed by atoms with Crippen LogP contribution in [0.1, 0.15) is 41.0 Å². The van der Waals surface area contributed by atoms with E-state index in [0.29, 0.717) is 18.8 Å². The number of nitrogens with zero attached hydrogens (tertiary/aromatic N) is 1. The van der Waals surface area contributed by atoms with Crippen LogP contribution in [0.25, 0.3) is 11.0 Å². The molecule has 0 saturated heterocycles. The first-order valence-corrected chi connectivity index (χ1v) is 12.6. The highest BCUT2D eigenvalue weighted by molar-refractivity contribution is 7.85. The first kappa shape index (κ1) is 22.8. The molecule has 1 aromatic heterocycles. The molecule has 32 heavy (non-hydrogen) atoms. The Morgan fingerprint density at radius 1 is 1.19 bits per heavy atom. The largest absolute Gasteiger partial charge is 0.464 e. The van der Waals surface area contributed by atoms with Gasteiger partial charge < -0.3 is 14.2 Å². The lowest BCUT2D eigenvalue weighted by Gasteiger charge is -2.30. The number of hydrogen-bond acceptors (Lipinski definition) is 6. The maximum absolute atomic E-state index is 9.19. The summed E-state index contributed by atoms with van der Waals surface area (Å²) >= 11 is 0. The van der Waals surface area contributed by atoms with Crippen LogP contribution in [0.15, 0.2) is 47.1 Å². The van der Waals surface area contributed by atoms with Gasteiger partial charge >= 0.3 is 0 Å². The summed E-state index contributed by atoms with van der Waals surface area (Å²) in [5, 5.41) is 1.17. The van der Waals surface area contributed by atoms with E-state index in [4.69, 9.17) is 18.7 Å². The topological polar surface area (TPSA) is 89.2 Å². The van der Waals surface area contributed by atoms with Crippen LogP contribution < -0.4 is 4.89 Å². The molecule has 3 aromatic rings. The Kier molecular flexibility index (Phi) is 6.85. The highest BCUT2D eigenvalue weighted by Gasteiger charge is 2.28. The number of rotatable bonds is 5. The minimum atomic E-state index is -3.67. The SMILES string of the molecule is CN(CCc1ccc2ccoc2c1)C[C@@H]1CCCc2c1ccc1c2OOC1.CS(=O)(=O)O. The van der Waals surface area contributed by atoms with Crippen LogP contribution in [0, 0.1) is 0 Å². The number of benzene rings is 2. The zero-order valence-electron chi connectivity index (χ0n) is 18.4. The first-order chi connectivity index (χ1) is 15.3. The lowest BCUT2D eigenvalue weighted by Crippen LogP contribution is -2.28. The third-order valence-electron chi connectivity index (χ3n) is 5.99. The quantitative estimate of drug-likeness (QED) is 0.448. The lowest BCUT2D eigenvalue weighted by molar-refractivity contribution is -0.195. The highest BCUT2D eigenvalue weighted by Crippen LogP contribution is 2.41. The summed E-state index contributed by atoms with van der Waals surface area (Å²) in [5.74, 6) is 1.56. The third kappa shape index (κ3) is 5.69. The molecule has 172 valence electrons. The third-order valence-corrected chi connectivity index (χ3v) is 5.99. The van der Waals surface area contributed by atoms with Crippen molar-refractivity contribution in [3.8, 4) is 5.75 Å². The number of furan rings is 1. The van der Waals surface area contributed by atoms with E-state index in [9.17, 15) is 8.42 Å². The molecule has 0 fully saturated rings. The molecule has 0 saturated carbocycles. The normalized spacial score (nSPS) is 17.4. The van der Waals surface area contributed by atoms with E-state index in [1.165, 1.54) is 40.5 Å². The van der Waals surface area contributed by atoms with Gasteiger partial charge in [-0.25, -0.2) is 0 Å². The number of fused-ring (bicyclic) bond motifs is 4.